The molecule has 20 heavy (non-hydrogen) atoms. The van der Waals surface area contributed by atoms with Crippen molar-refractivity contribution in [1.29, 1.82) is 0 Å². The predicted octanol–water partition coefficient (Wildman–Crippen LogP) is 3.52. The molecule has 0 aliphatic heterocycles. The van der Waals surface area contributed by atoms with E-state index >= 15 is 0 Å². The number of hydrogen-bond acceptors (Lipinski definition) is 2. The fourth-order valence-electron chi connectivity index (χ4n) is 2.18. The number of benzene rings is 2. The largest absolute Gasteiger partial charge is 0.496 e. The van der Waals surface area contributed by atoms with E-state index in [0.717, 1.165) is 17.2 Å². The minimum absolute atomic E-state index is 0.211. The van der Waals surface area contributed by atoms with Gasteiger partial charge in [-0.2, -0.15) is 0 Å². The molecule has 2 aromatic carbocycles. The third-order valence-electron chi connectivity index (χ3n) is 3.26. The van der Waals surface area contributed by atoms with E-state index in [1.807, 2.05) is 25.1 Å². The molecule has 2 nitrogen and oxygen atoms in total. The molecule has 1 atom stereocenters. The van der Waals surface area contributed by atoms with Gasteiger partial charge in [0.1, 0.15) is 5.75 Å². The van der Waals surface area contributed by atoms with Gasteiger partial charge in [0.05, 0.1) is 7.11 Å². The number of halogens is 2. The van der Waals surface area contributed by atoms with E-state index in [1.165, 1.54) is 6.07 Å². The molecule has 0 aliphatic rings. The normalized spacial score (nSPS) is 12.2. The van der Waals surface area contributed by atoms with E-state index in [9.17, 15) is 8.78 Å². The number of methoxy groups -OCH3 is 1. The Morgan fingerprint density at radius 1 is 1.20 bits per heavy atom. The molecule has 4 heteroatoms. The Morgan fingerprint density at radius 2 is 1.95 bits per heavy atom. The highest BCUT2D eigenvalue weighted by atomic mass is 19.2. The van der Waals surface area contributed by atoms with Gasteiger partial charge < -0.3 is 10.5 Å². The average molecular weight is 277 g/mol. The fourth-order valence-corrected chi connectivity index (χ4v) is 2.18. The van der Waals surface area contributed by atoms with Gasteiger partial charge in [-0.05, 0) is 36.6 Å². The smallest absolute Gasteiger partial charge is 0.162 e. The number of rotatable bonds is 4. The summed E-state index contributed by atoms with van der Waals surface area (Å²) in [6.07, 6.45) is 0.211. The Balaban J connectivity index is 2.28. The van der Waals surface area contributed by atoms with E-state index in [0.29, 0.717) is 5.75 Å². The summed E-state index contributed by atoms with van der Waals surface area (Å²) in [5.74, 6) is -1.03. The molecule has 2 aromatic rings. The highest BCUT2D eigenvalue weighted by Gasteiger charge is 2.16. The summed E-state index contributed by atoms with van der Waals surface area (Å²) >= 11 is 0. The van der Waals surface area contributed by atoms with Gasteiger partial charge in [-0.25, -0.2) is 8.78 Å². The van der Waals surface area contributed by atoms with Gasteiger partial charge in [-0.1, -0.05) is 24.3 Å². The summed E-state index contributed by atoms with van der Waals surface area (Å²) in [7, 11) is 1.56. The van der Waals surface area contributed by atoms with Gasteiger partial charge in [-0.3, -0.25) is 0 Å². The summed E-state index contributed by atoms with van der Waals surface area (Å²) in [5.41, 5.74) is 8.20. The molecule has 0 aromatic heterocycles. The van der Waals surface area contributed by atoms with E-state index < -0.39 is 17.7 Å². The maximum absolute atomic E-state index is 13.7. The van der Waals surface area contributed by atoms with E-state index in [1.54, 1.807) is 13.2 Å². The first-order chi connectivity index (χ1) is 9.52. The first kappa shape index (κ1) is 14.5. The highest BCUT2D eigenvalue weighted by molar-refractivity contribution is 5.40. The van der Waals surface area contributed by atoms with Gasteiger partial charge in [0, 0.05) is 11.6 Å². The topological polar surface area (TPSA) is 35.2 Å². The lowest BCUT2D eigenvalue weighted by molar-refractivity contribution is 0.404. The number of nitrogens with two attached hydrogens (primary N) is 1. The van der Waals surface area contributed by atoms with Gasteiger partial charge in [-0.15, -0.1) is 0 Å². The second-order valence-corrected chi connectivity index (χ2v) is 4.77. The molecule has 2 rings (SSSR count). The molecule has 0 amide bonds. The number of hydrogen-bond donors (Lipinski definition) is 1. The van der Waals surface area contributed by atoms with Crippen molar-refractivity contribution in [3.63, 3.8) is 0 Å². The molecule has 2 N–H and O–H groups in total. The van der Waals surface area contributed by atoms with E-state index in [2.05, 4.69) is 0 Å². The first-order valence-electron chi connectivity index (χ1n) is 6.36. The van der Waals surface area contributed by atoms with Crippen LogP contribution in [0.1, 0.15) is 22.7 Å². The Labute approximate surface area is 117 Å². The summed E-state index contributed by atoms with van der Waals surface area (Å²) < 4.78 is 32.1. The van der Waals surface area contributed by atoms with Crippen molar-refractivity contribution >= 4 is 0 Å². The predicted molar refractivity (Wildman–Crippen MR) is 74.7 cm³/mol. The highest BCUT2D eigenvalue weighted by Crippen LogP contribution is 2.28. The van der Waals surface area contributed by atoms with Crippen LogP contribution >= 0.6 is 0 Å². The van der Waals surface area contributed by atoms with Crippen molar-refractivity contribution in [1.82, 2.24) is 0 Å². The lowest BCUT2D eigenvalue weighted by Gasteiger charge is -2.17. The molecule has 0 saturated carbocycles. The molecule has 0 fully saturated rings. The van der Waals surface area contributed by atoms with Crippen LogP contribution in [0.2, 0.25) is 0 Å². The monoisotopic (exact) mass is 277 g/mol. The average Bonchev–Trinajstić information content (AvgIpc) is 2.43. The summed E-state index contributed by atoms with van der Waals surface area (Å²) in [6.45, 7) is 1.95. The molecule has 0 heterocycles. The van der Waals surface area contributed by atoms with Gasteiger partial charge in [0.25, 0.3) is 0 Å². The third kappa shape index (κ3) is 2.96. The maximum atomic E-state index is 13.7. The van der Waals surface area contributed by atoms with Crippen LogP contribution in [0.25, 0.3) is 0 Å². The Bertz CT molecular complexity index is 613. The van der Waals surface area contributed by atoms with Crippen LogP contribution in [-0.4, -0.2) is 7.11 Å². The first-order valence-corrected chi connectivity index (χ1v) is 6.36. The molecule has 0 saturated heterocycles. The minimum Gasteiger partial charge on any atom is -0.496 e. The molecule has 106 valence electrons. The number of aryl methyl sites for hydroxylation is 1. The van der Waals surface area contributed by atoms with Crippen LogP contribution in [0.3, 0.4) is 0 Å². The Kier molecular flexibility index (Phi) is 4.35. The van der Waals surface area contributed by atoms with E-state index in [-0.39, 0.29) is 12.0 Å². The zero-order chi connectivity index (χ0) is 14.7. The van der Waals surface area contributed by atoms with Crippen molar-refractivity contribution in [2.75, 3.05) is 7.11 Å². The third-order valence-corrected chi connectivity index (χ3v) is 3.26. The van der Waals surface area contributed by atoms with Crippen molar-refractivity contribution in [3.05, 3.63) is 64.7 Å². The molecular weight excluding hydrogens is 260 g/mol. The summed E-state index contributed by atoms with van der Waals surface area (Å²) in [4.78, 5) is 0. The number of ether oxygens (including phenoxy) is 1. The van der Waals surface area contributed by atoms with Crippen LogP contribution < -0.4 is 10.5 Å². The molecule has 1 unspecified atom stereocenters. The van der Waals surface area contributed by atoms with Crippen LogP contribution in [0.4, 0.5) is 8.78 Å². The molecule has 0 radical (unpaired) electrons. The van der Waals surface area contributed by atoms with Crippen molar-refractivity contribution in [2.45, 2.75) is 19.4 Å². The molecular formula is C16H17F2NO. The minimum atomic E-state index is -0.856. The maximum Gasteiger partial charge on any atom is 0.162 e. The SMILES string of the molecule is COc1cc(C)ccc1C(N)Cc1cccc(F)c1F. The molecule has 0 bridgehead atoms. The standard InChI is InChI=1S/C16H17F2NO/c1-10-6-7-12(15(8-10)20-2)14(19)9-11-4-3-5-13(17)16(11)18/h3-8,14H,9,19H2,1-2H3. The lowest BCUT2D eigenvalue weighted by Crippen LogP contribution is -2.15. The second-order valence-electron chi connectivity index (χ2n) is 4.77. The second kappa shape index (κ2) is 6.01. The van der Waals surface area contributed by atoms with Crippen LogP contribution in [-0.2, 0) is 6.42 Å². The zero-order valence-electron chi connectivity index (χ0n) is 11.5. The Hall–Kier alpha value is -1.94. The van der Waals surface area contributed by atoms with Crippen molar-refractivity contribution in [3.8, 4) is 5.75 Å². The van der Waals surface area contributed by atoms with Gasteiger partial charge in [0.15, 0.2) is 11.6 Å². The van der Waals surface area contributed by atoms with Crippen LogP contribution in [0.15, 0.2) is 36.4 Å². The molecule has 0 aliphatic carbocycles. The summed E-state index contributed by atoms with van der Waals surface area (Å²) in [5, 5.41) is 0. The fraction of sp³-hybridized carbons (Fsp3) is 0.250. The van der Waals surface area contributed by atoms with Crippen molar-refractivity contribution < 1.29 is 13.5 Å². The molecule has 0 spiro atoms. The van der Waals surface area contributed by atoms with Crippen molar-refractivity contribution in [2.24, 2.45) is 5.73 Å². The zero-order valence-corrected chi connectivity index (χ0v) is 11.5. The Morgan fingerprint density at radius 3 is 2.65 bits per heavy atom. The van der Waals surface area contributed by atoms with Gasteiger partial charge in [0.2, 0.25) is 0 Å². The van der Waals surface area contributed by atoms with Gasteiger partial charge >= 0.3 is 0 Å². The lowest BCUT2D eigenvalue weighted by atomic mass is 9.97. The quantitative estimate of drug-likeness (QED) is 0.928. The van der Waals surface area contributed by atoms with Crippen LogP contribution in [0.5, 0.6) is 5.75 Å². The van der Waals surface area contributed by atoms with Crippen LogP contribution in [0, 0.1) is 18.6 Å². The van der Waals surface area contributed by atoms with E-state index in [4.69, 9.17) is 10.5 Å². The summed E-state index contributed by atoms with van der Waals surface area (Å²) in [6, 6.07) is 9.30.